The van der Waals surface area contributed by atoms with Crippen LogP contribution in [0.5, 0.6) is 0 Å². The number of aliphatic imine (C=N–C) groups is 1. The van der Waals surface area contributed by atoms with Crippen LogP contribution < -0.4 is 5.32 Å². The highest BCUT2D eigenvalue weighted by Gasteiger charge is 2.09. The molecule has 5 nitrogen and oxygen atoms in total. The Kier molecular flexibility index (Phi) is 8.54. The van der Waals surface area contributed by atoms with E-state index in [9.17, 15) is 4.39 Å². The Labute approximate surface area is 163 Å². The Hall–Kier alpha value is -1.29. The van der Waals surface area contributed by atoms with Crippen LogP contribution in [0.4, 0.5) is 4.39 Å². The molecule has 0 amide bonds. The summed E-state index contributed by atoms with van der Waals surface area (Å²) in [7, 11) is 5.59. The molecule has 0 atom stereocenters. The van der Waals surface area contributed by atoms with E-state index in [1.807, 2.05) is 37.6 Å². The van der Waals surface area contributed by atoms with Crippen LogP contribution in [0.2, 0.25) is 0 Å². The van der Waals surface area contributed by atoms with Crippen molar-refractivity contribution < 1.29 is 4.39 Å². The Morgan fingerprint density at radius 1 is 1.46 bits per heavy atom. The van der Waals surface area contributed by atoms with E-state index in [4.69, 9.17) is 0 Å². The molecule has 2 rings (SSSR count). The lowest BCUT2D eigenvalue weighted by Crippen LogP contribution is -2.38. The smallest absolute Gasteiger partial charge is 0.193 e. The zero-order valence-electron chi connectivity index (χ0n) is 14.3. The van der Waals surface area contributed by atoms with Crippen LogP contribution in [0, 0.1) is 5.82 Å². The molecule has 1 aromatic heterocycles. The van der Waals surface area contributed by atoms with Crippen LogP contribution in [0.15, 0.2) is 40.5 Å². The van der Waals surface area contributed by atoms with Crippen molar-refractivity contribution in [1.29, 1.82) is 0 Å². The number of halogens is 2. The van der Waals surface area contributed by atoms with Crippen molar-refractivity contribution in [2.75, 3.05) is 20.4 Å². The highest BCUT2D eigenvalue weighted by molar-refractivity contribution is 14.0. The van der Waals surface area contributed by atoms with E-state index in [1.165, 1.54) is 6.07 Å². The third kappa shape index (κ3) is 5.66. The monoisotopic (exact) mass is 463 g/mol. The Morgan fingerprint density at radius 3 is 2.79 bits per heavy atom. The van der Waals surface area contributed by atoms with Gasteiger partial charge in [0, 0.05) is 50.9 Å². The summed E-state index contributed by atoms with van der Waals surface area (Å²) in [5.74, 6) is 0.531. The first-order valence-electron chi connectivity index (χ1n) is 7.25. The number of guanidine groups is 1. The van der Waals surface area contributed by atoms with Crippen molar-refractivity contribution in [3.63, 3.8) is 0 Å². The quantitative estimate of drug-likeness (QED) is 0.321. The first-order chi connectivity index (χ1) is 11.0. The zero-order valence-corrected chi connectivity index (χ0v) is 17.4. The van der Waals surface area contributed by atoms with E-state index >= 15 is 0 Å². The number of aryl methyl sites for hydroxylation is 1. The van der Waals surface area contributed by atoms with Gasteiger partial charge in [0.15, 0.2) is 5.96 Å². The Balaban J connectivity index is 0.00000288. The van der Waals surface area contributed by atoms with Gasteiger partial charge in [0.05, 0.1) is 6.20 Å². The number of benzene rings is 1. The van der Waals surface area contributed by atoms with Crippen molar-refractivity contribution in [3.8, 4) is 0 Å². The molecule has 0 saturated carbocycles. The summed E-state index contributed by atoms with van der Waals surface area (Å²) in [6.07, 6.45) is 5.80. The topological polar surface area (TPSA) is 45.5 Å². The second-order valence-corrected chi connectivity index (χ2v) is 6.08. The summed E-state index contributed by atoms with van der Waals surface area (Å²) >= 11 is 1.61. The van der Waals surface area contributed by atoms with Gasteiger partial charge in [0.25, 0.3) is 0 Å². The van der Waals surface area contributed by atoms with Crippen molar-refractivity contribution in [2.24, 2.45) is 12.0 Å². The minimum absolute atomic E-state index is 0. The van der Waals surface area contributed by atoms with Gasteiger partial charge >= 0.3 is 0 Å². The maximum absolute atomic E-state index is 13.5. The third-order valence-electron chi connectivity index (χ3n) is 3.43. The molecule has 1 N–H and O–H groups in total. The maximum atomic E-state index is 13.5. The number of nitrogens with zero attached hydrogens (tertiary/aromatic N) is 4. The van der Waals surface area contributed by atoms with Gasteiger partial charge in [0.2, 0.25) is 0 Å². The van der Waals surface area contributed by atoms with E-state index < -0.39 is 0 Å². The lowest BCUT2D eigenvalue weighted by atomic mass is 10.2. The molecule has 132 valence electrons. The van der Waals surface area contributed by atoms with E-state index in [2.05, 4.69) is 15.4 Å². The summed E-state index contributed by atoms with van der Waals surface area (Å²) in [5.41, 5.74) is 2.03. The first-order valence-corrected chi connectivity index (χ1v) is 8.47. The highest BCUT2D eigenvalue weighted by Crippen LogP contribution is 2.21. The summed E-state index contributed by atoms with van der Waals surface area (Å²) in [6, 6.07) is 4.85. The lowest BCUT2D eigenvalue weighted by Gasteiger charge is -2.22. The zero-order chi connectivity index (χ0) is 16.8. The molecule has 0 spiro atoms. The number of thioether (sulfide) groups is 1. The fourth-order valence-corrected chi connectivity index (χ4v) is 2.94. The van der Waals surface area contributed by atoms with Gasteiger partial charge in [-0.15, -0.1) is 35.7 Å². The molecule has 0 aliphatic rings. The molecule has 0 radical (unpaired) electrons. The van der Waals surface area contributed by atoms with Crippen molar-refractivity contribution in [3.05, 3.63) is 47.5 Å². The first kappa shape index (κ1) is 20.8. The van der Waals surface area contributed by atoms with Gasteiger partial charge in [-0.25, -0.2) is 4.39 Å². The van der Waals surface area contributed by atoms with Gasteiger partial charge in [-0.1, -0.05) is 0 Å². The molecular weight excluding hydrogens is 440 g/mol. The van der Waals surface area contributed by atoms with Crippen LogP contribution >= 0.6 is 35.7 Å². The predicted octanol–water partition coefficient (Wildman–Crippen LogP) is 3.11. The van der Waals surface area contributed by atoms with E-state index in [0.29, 0.717) is 13.1 Å². The fourth-order valence-electron chi connectivity index (χ4n) is 2.35. The van der Waals surface area contributed by atoms with Crippen LogP contribution in [-0.4, -0.2) is 41.0 Å². The van der Waals surface area contributed by atoms with Gasteiger partial charge < -0.3 is 10.2 Å². The summed E-state index contributed by atoms with van der Waals surface area (Å²) in [6.45, 7) is 1.23. The maximum Gasteiger partial charge on any atom is 0.193 e. The van der Waals surface area contributed by atoms with E-state index in [1.54, 1.807) is 35.6 Å². The van der Waals surface area contributed by atoms with Crippen LogP contribution in [0.25, 0.3) is 0 Å². The van der Waals surface area contributed by atoms with Crippen LogP contribution in [-0.2, 0) is 20.1 Å². The van der Waals surface area contributed by atoms with Gasteiger partial charge in [-0.3, -0.25) is 9.67 Å². The number of hydrogen-bond acceptors (Lipinski definition) is 3. The molecule has 24 heavy (non-hydrogen) atoms. The minimum Gasteiger partial charge on any atom is -0.352 e. The largest absolute Gasteiger partial charge is 0.352 e. The SMILES string of the molecule is CN=C(NCc1cc(F)ccc1SC)N(C)Cc1cnn(C)c1.I. The summed E-state index contributed by atoms with van der Waals surface area (Å²) < 4.78 is 15.2. The van der Waals surface area contributed by atoms with Crippen LogP contribution in [0.3, 0.4) is 0 Å². The highest BCUT2D eigenvalue weighted by atomic mass is 127. The number of aromatic nitrogens is 2. The average Bonchev–Trinajstić information content (AvgIpc) is 2.93. The Morgan fingerprint density at radius 2 is 2.21 bits per heavy atom. The second-order valence-electron chi connectivity index (χ2n) is 5.24. The predicted molar refractivity (Wildman–Crippen MR) is 108 cm³/mol. The molecule has 2 aromatic rings. The second kappa shape index (κ2) is 9.87. The van der Waals surface area contributed by atoms with Crippen molar-refractivity contribution in [2.45, 2.75) is 18.0 Å². The molecule has 1 heterocycles. The minimum atomic E-state index is -0.224. The average molecular weight is 463 g/mol. The number of hydrogen-bond donors (Lipinski definition) is 1. The number of nitrogens with one attached hydrogen (secondary N) is 1. The van der Waals surface area contributed by atoms with Gasteiger partial charge in [-0.2, -0.15) is 5.10 Å². The van der Waals surface area contributed by atoms with Gasteiger partial charge in [-0.05, 0) is 30.0 Å². The van der Waals surface area contributed by atoms with E-state index in [-0.39, 0.29) is 29.8 Å². The molecule has 8 heteroatoms. The molecule has 0 unspecified atom stereocenters. The van der Waals surface area contributed by atoms with Crippen molar-refractivity contribution in [1.82, 2.24) is 20.0 Å². The molecule has 0 fully saturated rings. The molecule has 0 aliphatic heterocycles. The summed E-state index contributed by atoms with van der Waals surface area (Å²) in [4.78, 5) is 7.36. The number of rotatable bonds is 5. The van der Waals surface area contributed by atoms with Gasteiger partial charge in [0.1, 0.15) is 5.82 Å². The molecule has 1 aromatic carbocycles. The van der Waals surface area contributed by atoms with Crippen LogP contribution in [0.1, 0.15) is 11.1 Å². The summed E-state index contributed by atoms with van der Waals surface area (Å²) in [5, 5.41) is 7.45. The fraction of sp³-hybridized carbons (Fsp3) is 0.375. The Bertz CT molecular complexity index is 689. The molecule has 0 bridgehead atoms. The molecular formula is C16H23FIN5S. The van der Waals surface area contributed by atoms with E-state index in [0.717, 1.165) is 22.0 Å². The third-order valence-corrected chi connectivity index (χ3v) is 4.27. The normalized spacial score (nSPS) is 11.1. The standard InChI is InChI=1S/C16H22FN5S.HI/c1-18-16(21(2)10-12-8-20-22(3)11-12)19-9-13-7-14(17)5-6-15(13)23-4;/h5-8,11H,9-10H2,1-4H3,(H,18,19);1H. The van der Waals surface area contributed by atoms with Crippen molar-refractivity contribution >= 4 is 41.7 Å². The lowest BCUT2D eigenvalue weighted by molar-refractivity contribution is 0.476. The molecule has 0 saturated heterocycles. The molecule has 0 aliphatic carbocycles.